The van der Waals surface area contributed by atoms with E-state index < -0.39 is 11.9 Å². The van der Waals surface area contributed by atoms with Crippen LogP contribution in [-0.2, 0) is 14.3 Å². The van der Waals surface area contributed by atoms with Crippen LogP contribution < -0.4 is 4.90 Å². The SMILES string of the molecule is CC1CC(C(=O)N2CCC(C(=O)O)c3ccccc32)CO1. The number of hydrogen-bond acceptors (Lipinski definition) is 3. The van der Waals surface area contributed by atoms with Crippen molar-refractivity contribution < 1.29 is 19.4 Å². The molecular weight excluding hydrogens is 270 g/mol. The van der Waals surface area contributed by atoms with Crippen LogP contribution in [0.5, 0.6) is 0 Å². The summed E-state index contributed by atoms with van der Waals surface area (Å²) >= 11 is 0. The molecule has 0 saturated carbocycles. The highest BCUT2D eigenvalue weighted by atomic mass is 16.5. The average Bonchev–Trinajstić information content (AvgIpc) is 2.91. The maximum Gasteiger partial charge on any atom is 0.311 e. The van der Waals surface area contributed by atoms with Gasteiger partial charge >= 0.3 is 5.97 Å². The van der Waals surface area contributed by atoms with Crippen LogP contribution in [-0.4, -0.2) is 36.2 Å². The number of anilines is 1. The smallest absolute Gasteiger partial charge is 0.311 e. The second-order valence-corrected chi connectivity index (χ2v) is 5.80. The van der Waals surface area contributed by atoms with Gasteiger partial charge in [-0.2, -0.15) is 0 Å². The van der Waals surface area contributed by atoms with Gasteiger partial charge < -0.3 is 14.7 Å². The van der Waals surface area contributed by atoms with Crippen molar-refractivity contribution in [1.29, 1.82) is 0 Å². The van der Waals surface area contributed by atoms with Gasteiger partial charge in [-0.3, -0.25) is 9.59 Å². The summed E-state index contributed by atoms with van der Waals surface area (Å²) in [7, 11) is 0. The van der Waals surface area contributed by atoms with Crippen molar-refractivity contribution in [2.75, 3.05) is 18.1 Å². The Morgan fingerprint density at radius 2 is 2.10 bits per heavy atom. The van der Waals surface area contributed by atoms with Gasteiger partial charge in [0.05, 0.1) is 24.5 Å². The van der Waals surface area contributed by atoms with Crippen LogP contribution in [0.3, 0.4) is 0 Å². The van der Waals surface area contributed by atoms with Gasteiger partial charge in [-0.1, -0.05) is 18.2 Å². The molecule has 3 atom stereocenters. The highest BCUT2D eigenvalue weighted by molar-refractivity contribution is 5.98. The first kappa shape index (κ1) is 14.1. The first-order valence-electron chi connectivity index (χ1n) is 7.32. The molecule has 0 radical (unpaired) electrons. The fraction of sp³-hybridized carbons (Fsp3) is 0.500. The summed E-state index contributed by atoms with van der Waals surface area (Å²) < 4.78 is 5.48. The van der Waals surface area contributed by atoms with E-state index in [-0.39, 0.29) is 17.9 Å². The Hall–Kier alpha value is -1.88. The average molecular weight is 289 g/mol. The second kappa shape index (κ2) is 5.48. The second-order valence-electron chi connectivity index (χ2n) is 5.80. The Kier molecular flexibility index (Phi) is 3.68. The maximum absolute atomic E-state index is 12.7. The van der Waals surface area contributed by atoms with Crippen LogP contribution in [0.25, 0.3) is 0 Å². The predicted molar refractivity (Wildman–Crippen MR) is 77.3 cm³/mol. The number of ether oxygens (including phenoxy) is 1. The van der Waals surface area contributed by atoms with E-state index in [9.17, 15) is 14.7 Å². The molecule has 1 N–H and O–H groups in total. The highest BCUT2D eigenvalue weighted by Gasteiger charge is 2.37. The summed E-state index contributed by atoms with van der Waals surface area (Å²) in [5.74, 6) is -1.42. The van der Waals surface area contributed by atoms with E-state index in [2.05, 4.69) is 0 Å². The van der Waals surface area contributed by atoms with Gasteiger partial charge in [-0.05, 0) is 31.4 Å². The van der Waals surface area contributed by atoms with Crippen LogP contribution >= 0.6 is 0 Å². The fourth-order valence-corrected chi connectivity index (χ4v) is 3.26. The molecule has 0 aromatic heterocycles. The number of carbonyl (C=O) groups is 2. The van der Waals surface area contributed by atoms with E-state index in [0.29, 0.717) is 19.6 Å². The lowest BCUT2D eigenvalue weighted by molar-refractivity contribution is -0.139. The minimum Gasteiger partial charge on any atom is -0.481 e. The third-order valence-electron chi connectivity index (χ3n) is 4.36. The summed E-state index contributed by atoms with van der Waals surface area (Å²) in [5, 5.41) is 9.33. The van der Waals surface area contributed by atoms with Gasteiger partial charge in [-0.15, -0.1) is 0 Å². The molecule has 2 aliphatic heterocycles. The summed E-state index contributed by atoms with van der Waals surface area (Å²) in [6.07, 6.45) is 1.31. The third-order valence-corrected chi connectivity index (χ3v) is 4.36. The zero-order chi connectivity index (χ0) is 15.0. The molecule has 0 spiro atoms. The summed E-state index contributed by atoms with van der Waals surface area (Å²) in [6.45, 7) is 2.89. The van der Waals surface area contributed by atoms with E-state index in [1.807, 2.05) is 25.1 Å². The van der Waals surface area contributed by atoms with Crippen LogP contribution in [0.15, 0.2) is 24.3 Å². The molecular formula is C16H19NO4. The lowest BCUT2D eigenvalue weighted by Gasteiger charge is -2.34. The molecule has 5 heteroatoms. The Balaban J connectivity index is 1.89. The number of carboxylic acids is 1. The zero-order valence-corrected chi connectivity index (χ0v) is 12.0. The molecule has 1 aromatic rings. The molecule has 5 nitrogen and oxygen atoms in total. The third kappa shape index (κ3) is 2.53. The van der Waals surface area contributed by atoms with Crippen molar-refractivity contribution in [1.82, 2.24) is 0 Å². The molecule has 1 saturated heterocycles. The number of para-hydroxylation sites is 1. The van der Waals surface area contributed by atoms with Crippen molar-refractivity contribution in [3.63, 3.8) is 0 Å². The number of aliphatic carboxylic acids is 1. The van der Waals surface area contributed by atoms with E-state index >= 15 is 0 Å². The molecule has 21 heavy (non-hydrogen) atoms. The van der Waals surface area contributed by atoms with Crippen molar-refractivity contribution in [3.8, 4) is 0 Å². The predicted octanol–water partition coefficient (Wildman–Crippen LogP) is 2.02. The highest BCUT2D eigenvalue weighted by Crippen LogP contribution is 2.37. The van der Waals surface area contributed by atoms with Crippen molar-refractivity contribution >= 4 is 17.6 Å². The minimum atomic E-state index is -0.827. The Morgan fingerprint density at radius 3 is 2.76 bits per heavy atom. The van der Waals surface area contributed by atoms with Crippen LogP contribution in [0.4, 0.5) is 5.69 Å². The lowest BCUT2D eigenvalue weighted by Crippen LogP contribution is -2.41. The molecule has 1 aromatic carbocycles. The first-order chi connectivity index (χ1) is 10.1. The summed E-state index contributed by atoms with van der Waals surface area (Å²) in [4.78, 5) is 25.8. The van der Waals surface area contributed by atoms with Crippen LogP contribution in [0.2, 0.25) is 0 Å². The van der Waals surface area contributed by atoms with Crippen LogP contribution in [0, 0.1) is 5.92 Å². The monoisotopic (exact) mass is 289 g/mol. The van der Waals surface area contributed by atoms with Gasteiger partial charge in [0.2, 0.25) is 5.91 Å². The molecule has 0 bridgehead atoms. The van der Waals surface area contributed by atoms with Crippen molar-refractivity contribution in [2.24, 2.45) is 5.92 Å². The molecule has 2 heterocycles. The number of fused-ring (bicyclic) bond motifs is 1. The molecule has 112 valence electrons. The quantitative estimate of drug-likeness (QED) is 0.904. The Labute approximate surface area is 123 Å². The zero-order valence-electron chi connectivity index (χ0n) is 12.0. The molecule has 3 unspecified atom stereocenters. The first-order valence-corrected chi connectivity index (χ1v) is 7.32. The number of rotatable bonds is 2. The molecule has 1 amide bonds. The Morgan fingerprint density at radius 1 is 1.33 bits per heavy atom. The number of carbonyl (C=O) groups excluding carboxylic acids is 1. The maximum atomic E-state index is 12.7. The van der Waals surface area contributed by atoms with E-state index in [1.165, 1.54) is 0 Å². The van der Waals surface area contributed by atoms with Gasteiger partial charge in [0.25, 0.3) is 0 Å². The van der Waals surface area contributed by atoms with Crippen molar-refractivity contribution in [3.05, 3.63) is 29.8 Å². The molecule has 0 aliphatic carbocycles. The topological polar surface area (TPSA) is 66.8 Å². The van der Waals surface area contributed by atoms with Gasteiger partial charge in [0, 0.05) is 12.2 Å². The number of benzene rings is 1. The molecule has 2 aliphatic rings. The standard InChI is InChI=1S/C16H19NO4/c1-10-8-11(9-21-10)15(18)17-7-6-13(16(19)20)12-4-2-3-5-14(12)17/h2-5,10-11,13H,6-9H2,1H3,(H,19,20). The van der Waals surface area contributed by atoms with Gasteiger partial charge in [0.15, 0.2) is 0 Å². The largest absolute Gasteiger partial charge is 0.481 e. The number of hydrogen-bond donors (Lipinski definition) is 1. The fourth-order valence-electron chi connectivity index (χ4n) is 3.26. The molecule has 1 fully saturated rings. The number of amides is 1. The van der Waals surface area contributed by atoms with E-state index in [1.54, 1.807) is 11.0 Å². The minimum absolute atomic E-state index is 0.0515. The summed E-state index contributed by atoms with van der Waals surface area (Å²) in [6, 6.07) is 7.31. The molecule has 3 rings (SSSR count). The number of nitrogens with zero attached hydrogens (tertiary/aromatic N) is 1. The lowest BCUT2D eigenvalue weighted by atomic mass is 9.89. The van der Waals surface area contributed by atoms with Crippen molar-refractivity contribution in [2.45, 2.75) is 31.8 Å². The summed E-state index contributed by atoms with van der Waals surface area (Å²) in [5.41, 5.74) is 1.47. The van der Waals surface area contributed by atoms with E-state index in [0.717, 1.165) is 17.7 Å². The van der Waals surface area contributed by atoms with E-state index in [4.69, 9.17) is 4.74 Å². The Bertz CT molecular complexity index is 571. The normalized spacial score (nSPS) is 28.2. The number of carboxylic acid groups (broad SMARTS) is 1. The van der Waals surface area contributed by atoms with Gasteiger partial charge in [-0.25, -0.2) is 0 Å². The van der Waals surface area contributed by atoms with Crippen LogP contribution in [0.1, 0.15) is 31.2 Å². The van der Waals surface area contributed by atoms with Gasteiger partial charge in [0.1, 0.15) is 0 Å².